The molecule has 28 heavy (non-hydrogen) atoms. The van der Waals surface area contributed by atoms with Gasteiger partial charge in [0, 0.05) is 33.6 Å². The third kappa shape index (κ3) is 4.13. The van der Waals surface area contributed by atoms with E-state index in [1.54, 1.807) is 29.6 Å². The van der Waals surface area contributed by atoms with Gasteiger partial charge in [-0.25, -0.2) is 17.7 Å². The summed E-state index contributed by atoms with van der Waals surface area (Å²) in [6.07, 6.45) is 1.52. The van der Waals surface area contributed by atoms with Crippen LogP contribution in [0.3, 0.4) is 0 Å². The predicted octanol–water partition coefficient (Wildman–Crippen LogP) is 1.41. The van der Waals surface area contributed by atoms with Gasteiger partial charge in [0.2, 0.25) is 15.9 Å². The van der Waals surface area contributed by atoms with E-state index >= 15 is 0 Å². The summed E-state index contributed by atoms with van der Waals surface area (Å²) >= 11 is 1.39. The second kappa shape index (κ2) is 8.21. The van der Waals surface area contributed by atoms with E-state index in [-0.39, 0.29) is 35.9 Å². The maximum atomic E-state index is 12.4. The molecule has 0 fully saturated rings. The number of nitrogens with one attached hydrogen (secondary N) is 1. The highest BCUT2D eigenvalue weighted by Gasteiger charge is 2.20. The third-order valence-electron chi connectivity index (χ3n) is 4.24. The van der Waals surface area contributed by atoms with Crippen molar-refractivity contribution in [3.63, 3.8) is 0 Å². The average Bonchev–Trinajstić information content (AvgIpc) is 3.15. The van der Waals surface area contributed by atoms with Crippen LogP contribution in [0, 0.1) is 0 Å². The summed E-state index contributed by atoms with van der Waals surface area (Å²) < 4.78 is 27.3. The molecule has 1 amide bonds. The minimum Gasteiger partial charge on any atom is -0.352 e. The van der Waals surface area contributed by atoms with Crippen LogP contribution in [0.1, 0.15) is 12.0 Å². The van der Waals surface area contributed by atoms with Crippen molar-refractivity contribution in [3.8, 4) is 0 Å². The van der Waals surface area contributed by atoms with Crippen molar-refractivity contribution >= 4 is 37.5 Å². The molecule has 0 radical (unpaired) electrons. The van der Waals surface area contributed by atoms with E-state index in [1.165, 1.54) is 42.4 Å². The minimum atomic E-state index is -3.60. The largest absolute Gasteiger partial charge is 0.352 e. The van der Waals surface area contributed by atoms with E-state index < -0.39 is 10.0 Å². The molecule has 3 aromatic rings. The van der Waals surface area contributed by atoms with Gasteiger partial charge in [-0.2, -0.15) is 0 Å². The van der Waals surface area contributed by atoms with Crippen LogP contribution in [0.4, 0.5) is 0 Å². The van der Waals surface area contributed by atoms with Gasteiger partial charge >= 0.3 is 0 Å². The van der Waals surface area contributed by atoms with E-state index in [1.807, 2.05) is 0 Å². The molecule has 3 rings (SSSR count). The Morgan fingerprint density at radius 1 is 1.25 bits per heavy atom. The van der Waals surface area contributed by atoms with Crippen LogP contribution < -0.4 is 10.9 Å². The zero-order valence-electron chi connectivity index (χ0n) is 15.5. The van der Waals surface area contributed by atoms with Crippen LogP contribution >= 0.6 is 11.3 Å². The predicted molar refractivity (Wildman–Crippen MR) is 108 cm³/mol. The molecule has 0 spiro atoms. The summed E-state index contributed by atoms with van der Waals surface area (Å²) in [5.41, 5.74) is 0.324. The Morgan fingerprint density at radius 3 is 2.75 bits per heavy atom. The number of carbonyl (C=O) groups is 1. The van der Waals surface area contributed by atoms with E-state index in [0.29, 0.717) is 15.8 Å². The molecular formula is C18H20N4O4S2. The fourth-order valence-electron chi connectivity index (χ4n) is 2.65. The lowest BCUT2D eigenvalue weighted by Crippen LogP contribution is -2.28. The number of amides is 1. The number of thiophene rings is 1. The van der Waals surface area contributed by atoms with Crippen molar-refractivity contribution in [2.45, 2.75) is 24.4 Å². The third-order valence-corrected chi connectivity index (χ3v) is 6.97. The van der Waals surface area contributed by atoms with E-state index in [9.17, 15) is 18.0 Å². The van der Waals surface area contributed by atoms with Gasteiger partial charge in [-0.05, 0) is 23.1 Å². The SMILES string of the molecule is CN(C)S(=O)(=O)c1ccccc1CNC(=O)CCn1cnc2sccc2c1=O. The van der Waals surface area contributed by atoms with Crippen LogP contribution in [0.2, 0.25) is 0 Å². The van der Waals surface area contributed by atoms with Crippen molar-refractivity contribution < 1.29 is 13.2 Å². The Bertz CT molecular complexity index is 1170. The monoisotopic (exact) mass is 420 g/mol. The van der Waals surface area contributed by atoms with Gasteiger partial charge in [-0.1, -0.05) is 18.2 Å². The van der Waals surface area contributed by atoms with Crippen LogP contribution in [0.5, 0.6) is 0 Å². The van der Waals surface area contributed by atoms with Crippen molar-refractivity contribution in [2.24, 2.45) is 0 Å². The van der Waals surface area contributed by atoms with Gasteiger partial charge in [0.25, 0.3) is 5.56 Å². The number of benzene rings is 1. The van der Waals surface area contributed by atoms with E-state index in [0.717, 1.165) is 4.31 Å². The second-order valence-electron chi connectivity index (χ2n) is 6.30. The van der Waals surface area contributed by atoms with Gasteiger partial charge in [0.15, 0.2) is 0 Å². The number of carbonyl (C=O) groups excluding carboxylic acids is 1. The minimum absolute atomic E-state index is 0.0821. The smallest absolute Gasteiger partial charge is 0.262 e. The number of fused-ring (bicyclic) bond motifs is 1. The number of rotatable bonds is 7. The Hall–Kier alpha value is -2.56. The lowest BCUT2D eigenvalue weighted by atomic mass is 10.2. The van der Waals surface area contributed by atoms with Gasteiger partial charge < -0.3 is 5.32 Å². The normalized spacial score (nSPS) is 11.8. The molecule has 148 valence electrons. The molecule has 10 heteroatoms. The van der Waals surface area contributed by atoms with Crippen molar-refractivity contribution in [1.29, 1.82) is 0 Å². The molecule has 0 atom stereocenters. The Morgan fingerprint density at radius 2 is 2.00 bits per heavy atom. The molecule has 1 N–H and O–H groups in total. The fourth-order valence-corrected chi connectivity index (χ4v) is 4.49. The number of hydrogen-bond acceptors (Lipinski definition) is 6. The molecule has 0 aliphatic heterocycles. The molecule has 2 heterocycles. The lowest BCUT2D eigenvalue weighted by molar-refractivity contribution is -0.121. The number of aromatic nitrogens is 2. The number of sulfonamides is 1. The van der Waals surface area contributed by atoms with Crippen molar-refractivity contribution in [3.05, 3.63) is 58.0 Å². The molecule has 8 nitrogen and oxygen atoms in total. The molecular weight excluding hydrogens is 400 g/mol. The van der Waals surface area contributed by atoms with Crippen molar-refractivity contribution in [2.75, 3.05) is 14.1 Å². The summed E-state index contributed by atoms with van der Waals surface area (Å²) in [7, 11) is -0.684. The second-order valence-corrected chi connectivity index (χ2v) is 9.32. The summed E-state index contributed by atoms with van der Waals surface area (Å²) in [6, 6.07) is 8.25. The quantitative estimate of drug-likeness (QED) is 0.623. The molecule has 2 aromatic heterocycles. The van der Waals surface area contributed by atoms with Crippen LogP contribution in [-0.4, -0.2) is 42.3 Å². The molecule has 0 saturated heterocycles. The van der Waals surface area contributed by atoms with E-state index in [4.69, 9.17) is 0 Å². The zero-order chi connectivity index (χ0) is 20.3. The Balaban J connectivity index is 1.65. The first-order valence-electron chi connectivity index (χ1n) is 8.50. The van der Waals surface area contributed by atoms with Crippen LogP contribution in [0.15, 0.2) is 51.7 Å². The maximum Gasteiger partial charge on any atom is 0.262 e. The van der Waals surface area contributed by atoms with Gasteiger partial charge in [0.1, 0.15) is 4.83 Å². The number of aryl methyl sites for hydroxylation is 1. The van der Waals surface area contributed by atoms with Gasteiger partial charge in [0.05, 0.1) is 16.6 Å². The highest BCUT2D eigenvalue weighted by atomic mass is 32.2. The summed E-state index contributed by atoms with van der Waals surface area (Å²) in [4.78, 5) is 29.6. The first kappa shape index (κ1) is 20.2. The first-order valence-corrected chi connectivity index (χ1v) is 10.8. The molecule has 0 aliphatic carbocycles. The Kier molecular flexibility index (Phi) is 5.92. The summed E-state index contributed by atoms with van der Waals surface area (Å²) in [6.45, 7) is 0.278. The summed E-state index contributed by atoms with van der Waals surface area (Å²) in [5.74, 6) is -0.283. The van der Waals surface area contributed by atoms with Crippen LogP contribution in [-0.2, 0) is 27.9 Å². The molecule has 1 aromatic carbocycles. The molecule has 0 aliphatic rings. The van der Waals surface area contributed by atoms with Crippen molar-refractivity contribution in [1.82, 2.24) is 19.2 Å². The highest BCUT2D eigenvalue weighted by molar-refractivity contribution is 7.89. The maximum absolute atomic E-state index is 12.4. The van der Waals surface area contributed by atoms with Crippen LogP contribution in [0.25, 0.3) is 10.2 Å². The molecule has 0 bridgehead atoms. The average molecular weight is 421 g/mol. The summed E-state index contributed by atoms with van der Waals surface area (Å²) in [5, 5.41) is 5.06. The highest BCUT2D eigenvalue weighted by Crippen LogP contribution is 2.18. The standard InChI is InChI=1S/C18H20N4O4S2/c1-21(2)28(25,26)15-6-4-3-5-13(15)11-19-16(23)7-9-22-12-20-17-14(18(22)24)8-10-27-17/h3-6,8,10,12H,7,9,11H2,1-2H3,(H,19,23). The molecule has 0 saturated carbocycles. The number of hydrogen-bond donors (Lipinski definition) is 1. The van der Waals surface area contributed by atoms with Gasteiger partial charge in [-0.15, -0.1) is 11.3 Å². The Labute approximate surface area is 166 Å². The zero-order valence-corrected chi connectivity index (χ0v) is 17.1. The fraction of sp³-hybridized carbons (Fsp3) is 0.278. The van der Waals surface area contributed by atoms with Gasteiger partial charge in [-0.3, -0.25) is 14.2 Å². The topological polar surface area (TPSA) is 101 Å². The van der Waals surface area contributed by atoms with E-state index in [2.05, 4.69) is 10.3 Å². The first-order chi connectivity index (χ1) is 13.3. The lowest BCUT2D eigenvalue weighted by Gasteiger charge is -2.15. The molecule has 0 unspecified atom stereocenters. The number of nitrogens with zero attached hydrogens (tertiary/aromatic N) is 3.